The molecule has 0 aromatic carbocycles. The topological polar surface area (TPSA) is 56.9 Å². The molecule has 0 radical (unpaired) electrons. The first-order chi connectivity index (χ1) is 8.26. The molecule has 18 heavy (non-hydrogen) atoms. The van der Waals surface area contributed by atoms with Crippen LogP contribution in [0.4, 0.5) is 0 Å². The van der Waals surface area contributed by atoms with Gasteiger partial charge in [0.25, 0.3) is 0 Å². The van der Waals surface area contributed by atoms with Crippen LogP contribution in [0.15, 0.2) is 18.3 Å². The number of nitrogens with zero attached hydrogens (tertiary/aromatic N) is 2. The van der Waals surface area contributed by atoms with Crippen LogP contribution in [0.5, 0.6) is 0 Å². The van der Waals surface area contributed by atoms with Gasteiger partial charge in [0.2, 0.25) is 0 Å². The minimum atomic E-state index is -2.11. The number of hydrogen-bond donors (Lipinski definition) is 1. The summed E-state index contributed by atoms with van der Waals surface area (Å²) < 4.78 is 0. The molecule has 1 aromatic heterocycles. The van der Waals surface area contributed by atoms with E-state index in [0.717, 1.165) is 24.8 Å². The largest absolute Gasteiger partial charge is 0.432 e. The molecule has 0 atom stereocenters. The molecule has 0 saturated heterocycles. The molecule has 1 heterocycles. The zero-order valence-corrected chi connectivity index (χ0v) is 12.7. The first kappa shape index (κ1) is 14.9. The Kier molecular flexibility index (Phi) is 4.66. The van der Waals surface area contributed by atoms with Crippen LogP contribution in [0.3, 0.4) is 0 Å². The maximum Gasteiger partial charge on any atom is 0.188 e. The van der Waals surface area contributed by atoms with E-state index in [1.807, 2.05) is 25.2 Å². The van der Waals surface area contributed by atoms with Gasteiger partial charge in [-0.05, 0) is 55.1 Å². The van der Waals surface area contributed by atoms with Crippen molar-refractivity contribution in [3.8, 4) is 6.07 Å². The normalized spacial score (nSPS) is 12.2. The van der Waals surface area contributed by atoms with Gasteiger partial charge in [-0.15, -0.1) is 0 Å². The molecule has 0 spiro atoms. The zero-order chi connectivity index (χ0) is 13.8. The summed E-state index contributed by atoms with van der Waals surface area (Å²) in [6.07, 6.45) is 4.65. The molecular weight excluding hydrogens is 240 g/mol. The van der Waals surface area contributed by atoms with E-state index in [1.54, 1.807) is 6.20 Å². The summed E-state index contributed by atoms with van der Waals surface area (Å²) in [4.78, 5) is 14.2. The summed E-state index contributed by atoms with van der Waals surface area (Å²) in [6.45, 7) is 8.28. The standard InChI is InChI=1S/C14H22N2OSi/c1-14(2,18(3,4)17)8-5-6-12-7-9-16-13(10-12)11-15/h7,9-10,17H,5-6,8H2,1-4H3. The molecule has 1 rings (SSSR count). The van der Waals surface area contributed by atoms with Gasteiger partial charge in [0.15, 0.2) is 8.32 Å². The van der Waals surface area contributed by atoms with Crippen molar-refractivity contribution in [2.75, 3.05) is 0 Å². The fourth-order valence-corrected chi connectivity index (χ4v) is 2.52. The number of rotatable bonds is 5. The van der Waals surface area contributed by atoms with Crippen LogP contribution in [-0.2, 0) is 6.42 Å². The highest BCUT2D eigenvalue weighted by atomic mass is 28.4. The molecule has 0 aliphatic heterocycles. The number of aromatic nitrogens is 1. The highest BCUT2D eigenvalue weighted by Crippen LogP contribution is 2.40. The summed E-state index contributed by atoms with van der Waals surface area (Å²) >= 11 is 0. The average Bonchev–Trinajstić information content (AvgIpc) is 2.27. The third-order valence-electron chi connectivity index (χ3n) is 3.86. The van der Waals surface area contributed by atoms with Crippen LogP contribution >= 0.6 is 0 Å². The summed E-state index contributed by atoms with van der Waals surface area (Å²) in [5.74, 6) is 0. The number of hydrogen-bond acceptors (Lipinski definition) is 3. The lowest BCUT2D eigenvalue weighted by Gasteiger charge is -2.35. The fraction of sp³-hybridized carbons (Fsp3) is 0.571. The number of aryl methyl sites for hydroxylation is 1. The molecule has 3 nitrogen and oxygen atoms in total. The Morgan fingerprint density at radius 1 is 1.44 bits per heavy atom. The Morgan fingerprint density at radius 3 is 2.67 bits per heavy atom. The Bertz CT molecular complexity index is 444. The van der Waals surface area contributed by atoms with Crippen molar-refractivity contribution in [3.05, 3.63) is 29.6 Å². The van der Waals surface area contributed by atoms with E-state index in [1.165, 1.54) is 0 Å². The summed E-state index contributed by atoms with van der Waals surface area (Å²) in [6, 6.07) is 5.85. The lowest BCUT2D eigenvalue weighted by molar-refractivity contribution is 0.443. The van der Waals surface area contributed by atoms with Crippen molar-refractivity contribution >= 4 is 8.32 Å². The fourth-order valence-electron chi connectivity index (χ4n) is 1.73. The van der Waals surface area contributed by atoms with Gasteiger partial charge in [-0.25, -0.2) is 4.98 Å². The van der Waals surface area contributed by atoms with Crippen molar-refractivity contribution in [1.29, 1.82) is 5.26 Å². The molecule has 1 aromatic rings. The van der Waals surface area contributed by atoms with Gasteiger partial charge in [-0.1, -0.05) is 13.8 Å². The Balaban J connectivity index is 2.54. The molecule has 98 valence electrons. The minimum absolute atomic E-state index is 0.0259. The molecule has 0 fully saturated rings. The Hall–Kier alpha value is -1.18. The monoisotopic (exact) mass is 262 g/mol. The van der Waals surface area contributed by atoms with Gasteiger partial charge in [0.1, 0.15) is 11.8 Å². The maximum absolute atomic E-state index is 10.2. The van der Waals surface area contributed by atoms with Crippen molar-refractivity contribution in [3.63, 3.8) is 0 Å². The number of pyridine rings is 1. The van der Waals surface area contributed by atoms with Gasteiger partial charge >= 0.3 is 0 Å². The maximum atomic E-state index is 10.2. The van der Waals surface area contributed by atoms with Crippen LogP contribution in [0.25, 0.3) is 0 Å². The summed E-state index contributed by atoms with van der Waals surface area (Å²) in [7, 11) is -2.11. The van der Waals surface area contributed by atoms with E-state index < -0.39 is 8.32 Å². The second-order valence-electron chi connectivity index (χ2n) is 5.96. The smallest absolute Gasteiger partial charge is 0.188 e. The predicted molar refractivity (Wildman–Crippen MR) is 75.6 cm³/mol. The summed E-state index contributed by atoms with van der Waals surface area (Å²) in [5.41, 5.74) is 1.62. The van der Waals surface area contributed by atoms with Gasteiger partial charge in [-0.2, -0.15) is 5.26 Å². The lowest BCUT2D eigenvalue weighted by Crippen LogP contribution is -2.38. The predicted octanol–water partition coefficient (Wildman–Crippen LogP) is 3.25. The van der Waals surface area contributed by atoms with Crippen molar-refractivity contribution < 1.29 is 4.80 Å². The van der Waals surface area contributed by atoms with E-state index in [2.05, 4.69) is 24.9 Å². The minimum Gasteiger partial charge on any atom is -0.432 e. The van der Waals surface area contributed by atoms with Crippen LogP contribution in [0.1, 0.15) is 37.9 Å². The first-order valence-corrected chi connectivity index (χ1v) is 9.28. The van der Waals surface area contributed by atoms with Gasteiger partial charge in [-0.3, -0.25) is 0 Å². The first-order valence-electron chi connectivity index (χ1n) is 6.34. The van der Waals surface area contributed by atoms with Crippen LogP contribution in [-0.4, -0.2) is 18.1 Å². The zero-order valence-electron chi connectivity index (χ0n) is 11.7. The van der Waals surface area contributed by atoms with Crippen LogP contribution < -0.4 is 0 Å². The van der Waals surface area contributed by atoms with Crippen molar-refractivity contribution in [2.24, 2.45) is 0 Å². The SMILES string of the molecule is CC(C)(CCCc1ccnc(C#N)c1)[Si](C)(C)O. The van der Waals surface area contributed by atoms with E-state index >= 15 is 0 Å². The van der Waals surface area contributed by atoms with Gasteiger partial charge in [0.05, 0.1) is 0 Å². The molecule has 0 aliphatic carbocycles. The molecule has 0 aliphatic rings. The third kappa shape index (κ3) is 3.93. The number of nitriles is 1. The molecule has 0 unspecified atom stereocenters. The second kappa shape index (κ2) is 5.64. The molecule has 0 bridgehead atoms. The lowest BCUT2D eigenvalue weighted by atomic mass is 10.0. The van der Waals surface area contributed by atoms with Crippen LogP contribution in [0, 0.1) is 11.3 Å². The highest BCUT2D eigenvalue weighted by molar-refractivity contribution is 6.72. The van der Waals surface area contributed by atoms with E-state index in [4.69, 9.17) is 5.26 Å². The second-order valence-corrected chi connectivity index (χ2v) is 10.4. The summed E-state index contributed by atoms with van der Waals surface area (Å²) in [5, 5.41) is 8.81. The van der Waals surface area contributed by atoms with Gasteiger partial charge in [0, 0.05) is 6.20 Å². The van der Waals surface area contributed by atoms with Gasteiger partial charge < -0.3 is 4.80 Å². The molecule has 1 N–H and O–H groups in total. The van der Waals surface area contributed by atoms with Crippen molar-refractivity contribution in [1.82, 2.24) is 4.98 Å². The highest BCUT2D eigenvalue weighted by Gasteiger charge is 2.37. The van der Waals surface area contributed by atoms with E-state index in [9.17, 15) is 4.80 Å². The quantitative estimate of drug-likeness (QED) is 0.829. The Labute approximate surface area is 111 Å². The molecule has 4 heteroatoms. The molecule has 0 amide bonds. The van der Waals surface area contributed by atoms with E-state index in [0.29, 0.717) is 5.69 Å². The molecule has 0 saturated carbocycles. The molecular formula is C14H22N2OSi. The van der Waals surface area contributed by atoms with E-state index in [-0.39, 0.29) is 5.04 Å². The van der Waals surface area contributed by atoms with Crippen molar-refractivity contribution in [2.45, 2.75) is 51.2 Å². The van der Waals surface area contributed by atoms with Crippen LogP contribution in [0.2, 0.25) is 18.1 Å². The average molecular weight is 262 g/mol. The Morgan fingerprint density at radius 2 is 2.11 bits per heavy atom. The third-order valence-corrected chi connectivity index (χ3v) is 7.42.